The van der Waals surface area contributed by atoms with Crippen molar-refractivity contribution in [3.63, 3.8) is 0 Å². The van der Waals surface area contributed by atoms with E-state index in [0.29, 0.717) is 5.92 Å². The van der Waals surface area contributed by atoms with Crippen LogP contribution < -0.4 is 0 Å². The molecule has 134 valence electrons. The van der Waals surface area contributed by atoms with Crippen LogP contribution in [0.25, 0.3) is 16.9 Å². The molecule has 5 heteroatoms. The molecule has 1 amide bonds. The maximum absolute atomic E-state index is 13.0. The van der Waals surface area contributed by atoms with Crippen LogP contribution in [0.3, 0.4) is 0 Å². The molecular weight excluding hydrogens is 342 g/mol. The first-order valence-electron chi connectivity index (χ1n) is 9.07. The second-order valence-electron chi connectivity index (χ2n) is 6.89. The summed E-state index contributed by atoms with van der Waals surface area (Å²) in [6, 6.07) is 14.0. The van der Waals surface area contributed by atoms with Crippen molar-refractivity contribution >= 4 is 23.3 Å². The molecule has 0 spiro atoms. The summed E-state index contributed by atoms with van der Waals surface area (Å²) in [6.07, 6.45) is 8.37. The van der Waals surface area contributed by atoms with E-state index in [1.54, 1.807) is 0 Å². The van der Waals surface area contributed by atoms with Crippen molar-refractivity contribution in [3.05, 3.63) is 60.4 Å². The standard InChI is InChI=1S/C21H23N3OS/c1-26-15-16-6-5-11-23(12-16)21(25)18-9-10-20-22-19(14-24(20)13-18)17-7-3-2-4-8-17/h2-4,7-10,13-14,16H,5-6,11-12,15H2,1H3/t16-/m0/s1. The molecule has 0 N–H and O–H groups in total. The van der Waals surface area contributed by atoms with Gasteiger partial charge in [-0.3, -0.25) is 4.79 Å². The van der Waals surface area contributed by atoms with E-state index in [4.69, 9.17) is 0 Å². The number of pyridine rings is 1. The molecule has 0 radical (unpaired) electrons. The van der Waals surface area contributed by atoms with E-state index in [9.17, 15) is 4.79 Å². The first-order valence-corrected chi connectivity index (χ1v) is 10.5. The summed E-state index contributed by atoms with van der Waals surface area (Å²) in [5.74, 6) is 1.88. The molecule has 4 nitrogen and oxygen atoms in total. The summed E-state index contributed by atoms with van der Waals surface area (Å²) >= 11 is 1.87. The minimum atomic E-state index is 0.132. The van der Waals surface area contributed by atoms with Crippen LogP contribution in [-0.2, 0) is 0 Å². The number of nitrogens with zero attached hydrogens (tertiary/aromatic N) is 3. The van der Waals surface area contributed by atoms with E-state index >= 15 is 0 Å². The van der Waals surface area contributed by atoms with E-state index < -0.39 is 0 Å². The van der Waals surface area contributed by atoms with Gasteiger partial charge in [0.1, 0.15) is 5.65 Å². The van der Waals surface area contributed by atoms with E-state index in [0.717, 1.165) is 47.7 Å². The van der Waals surface area contributed by atoms with Crippen LogP contribution in [0.1, 0.15) is 23.2 Å². The van der Waals surface area contributed by atoms with Gasteiger partial charge in [0.2, 0.25) is 0 Å². The quantitative estimate of drug-likeness (QED) is 0.695. The summed E-state index contributed by atoms with van der Waals surface area (Å²) < 4.78 is 1.96. The fourth-order valence-corrected chi connectivity index (χ4v) is 4.41. The number of amides is 1. The van der Waals surface area contributed by atoms with Crippen LogP contribution in [0.4, 0.5) is 0 Å². The van der Waals surface area contributed by atoms with Crippen LogP contribution in [0.5, 0.6) is 0 Å². The number of carbonyl (C=O) groups is 1. The van der Waals surface area contributed by atoms with Gasteiger partial charge in [-0.2, -0.15) is 11.8 Å². The Balaban J connectivity index is 1.58. The average Bonchev–Trinajstić information content (AvgIpc) is 3.12. The van der Waals surface area contributed by atoms with Gasteiger partial charge in [0.25, 0.3) is 5.91 Å². The Kier molecular flexibility index (Phi) is 4.98. The number of hydrogen-bond acceptors (Lipinski definition) is 3. The van der Waals surface area contributed by atoms with E-state index in [1.807, 2.05) is 75.9 Å². The van der Waals surface area contributed by atoms with Crippen LogP contribution in [-0.4, -0.2) is 45.3 Å². The number of imidazole rings is 1. The highest BCUT2D eigenvalue weighted by Gasteiger charge is 2.24. The predicted molar refractivity (Wildman–Crippen MR) is 108 cm³/mol. The molecule has 1 aliphatic rings. The molecule has 1 atom stereocenters. The largest absolute Gasteiger partial charge is 0.338 e. The Hall–Kier alpha value is -2.27. The fraction of sp³-hybridized carbons (Fsp3) is 0.333. The Morgan fingerprint density at radius 1 is 1.19 bits per heavy atom. The zero-order valence-corrected chi connectivity index (χ0v) is 15.8. The summed E-state index contributed by atoms with van der Waals surface area (Å²) in [4.78, 5) is 19.6. The lowest BCUT2D eigenvalue weighted by Gasteiger charge is -2.32. The maximum Gasteiger partial charge on any atom is 0.255 e. The van der Waals surface area contributed by atoms with Gasteiger partial charge in [-0.15, -0.1) is 0 Å². The van der Waals surface area contributed by atoms with Gasteiger partial charge >= 0.3 is 0 Å². The van der Waals surface area contributed by atoms with E-state index in [1.165, 1.54) is 6.42 Å². The molecule has 1 aliphatic heterocycles. The van der Waals surface area contributed by atoms with E-state index in [2.05, 4.69) is 11.2 Å². The zero-order valence-electron chi connectivity index (χ0n) is 15.0. The van der Waals surface area contributed by atoms with Crippen LogP contribution >= 0.6 is 11.8 Å². The van der Waals surface area contributed by atoms with Crippen LogP contribution in [0.15, 0.2) is 54.9 Å². The van der Waals surface area contributed by atoms with Crippen molar-refractivity contribution in [2.75, 3.05) is 25.1 Å². The third-order valence-corrected chi connectivity index (χ3v) is 5.78. The number of rotatable bonds is 4. The number of benzene rings is 1. The Morgan fingerprint density at radius 3 is 2.85 bits per heavy atom. The number of aromatic nitrogens is 2. The highest BCUT2D eigenvalue weighted by molar-refractivity contribution is 7.98. The molecular formula is C21H23N3OS. The van der Waals surface area contributed by atoms with Crippen LogP contribution in [0.2, 0.25) is 0 Å². The van der Waals surface area contributed by atoms with Gasteiger partial charge in [0, 0.05) is 31.0 Å². The molecule has 26 heavy (non-hydrogen) atoms. The smallest absolute Gasteiger partial charge is 0.255 e. The second-order valence-corrected chi connectivity index (χ2v) is 7.80. The third-order valence-electron chi connectivity index (χ3n) is 4.98. The molecule has 0 aliphatic carbocycles. The number of piperidine rings is 1. The second kappa shape index (κ2) is 7.54. The Labute approximate surface area is 158 Å². The number of thioether (sulfide) groups is 1. The predicted octanol–water partition coefficient (Wildman–Crippen LogP) is 4.22. The van der Waals surface area contributed by atoms with Gasteiger partial charge in [-0.1, -0.05) is 30.3 Å². The summed E-state index contributed by atoms with van der Waals surface area (Å²) in [6.45, 7) is 1.73. The highest BCUT2D eigenvalue weighted by atomic mass is 32.2. The van der Waals surface area contributed by atoms with Crippen molar-refractivity contribution in [2.24, 2.45) is 5.92 Å². The molecule has 0 saturated carbocycles. The zero-order chi connectivity index (χ0) is 17.9. The molecule has 0 unspecified atom stereocenters. The number of carbonyl (C=O) groups excluding carboxylic acids is 1. The number of hydrogen-bond donors (Lipinski definition) is 0. The average molecular weight is 366 g/mol. The molecule has 1 aromatic carbocycles. The molecule has 3 aromatic rings. The maximum atomic E-state index is 13.0. The van der Waals surface area contributed by atoms with Crippen molar-refractivity contribution < 1.29 is 4.79 Å². The van der Waals surface area contributed by atoms with Crippen molar-refractivity contribution in [3.8, 4) is 11.3 Å². The lowest BCUT2D eigenvalue weighted by atomic mass is 9.99. The van der Waals surface area contributed by atoms with Crippen molar-refractivity contribution in [1.29, 1.82) is 0 Å². The fourth-order valence-electron chi connectivity index (χ4n) is 3.67. The van der Waals surface area contributed by atoms with Gasteiger partial charge in [0.15, 0.2) is 0 Å². The van der Waals surface area contributed by atoms with Gasteiger partial charge < -0.3 is 9.30 Å². The first-order chi connectivity index (χ1) is 12.7. The summed E-state index contributed by atoms with van der Waals surface area (Å²) in [5, 5.41) is 0. The minimum Gasteiger partial charge on any atom is -0.338 e. The minimum absolute atomic E-state index is 0.132. The van der Waals surface area contributed by atoms with Crippen molar-refractivity contribution in [2.45, 2.75) is 12.8 Å². The Morgan fingerprint density at radius 2 is 2.04 bits per heavy atom. The van der Waals surface area contributed by atoms with E-state index in [-0.39, 0.29) is 5.91 Å². The monoisotopic (exact) mass is 365 g/mol. The lowest BCUT2D eigenvalue weighted by molar-refractivity contribution is 0.0685. The normalized spacial score (nSPS) is 17.6. The van der Waals surface area contributed by atoms with Gasteiger partial charge in [0.05, 0.1) is 11.3 Å². The third kappa shape index (κ3) is 3.49. The van der Waals surface area contributed by atoms with Crippen molar-refractivity contribution in [1.82, 2.24) is 14.3 Å². The molecule has 2 aromatic heterocycles. The molecule has 0 bridgehead atoms. The topological polar surface area (TPSA) is 37.6 Å². The first kappa shape index (κ1) is 17.2. The number of likely N-dealkylation sites (tertiary alicyclic amines) is 1. The molecule has 3 heterocycles. The van der Waals surface area contributed by atoms with Crippen LogP contribution in [0, 0.1) is 5.92 Å². The molecule has 4 rings (SSSR count). The number of fused-ring (bicyclic) bond motifs is 1. The Bertz CT molecular complexity index is 904. The molecule has 1 fully saturated rings. The SMILES string of the molecule is CSC[C@H]1CCCN(C(=O)c2ccc3nc(-c4ccccc4)cn3c2)C1. The summed E-state index contributed by atoms with van der Waals surface area (Å²) in [5.41, 5.74) is 3.60. The molecule has 1 saturated heterocycles. The lowest BCUT2D eigenvalue weighted by Crippen LogP contribution is -2.40. The van der Waals surface area contributed by atoms with Gasteiger partial charge in [-0.05, 0) is 42.9 Å². The van der Waals surface area contributed by atoms with Gasteiger partial charge in [-0.25, -0.2) is 4.98 Å². The highest BCUT2D eigenvalue weighted by Crippen LogP contribution is 2.23. The summed E-state index contributed by atoms with van der Waals surface area (Å²) in [7, 11) is 0.